The van der Waals surface area contributed by atoms with Crippen LogP contribution in [0.25, 0.3) is 87.7 Å². The standard InChI is InChI=1S/C87H116N20O20/c1-10-119-46-66-99-70-74(107(66)50-86(8,9)118)58-22-14-18-26-62(58)95-78(70)103-82(114)91-30-34-123-38-42-127-54-87(51-124-39-35-120-31-27-88-79(111)100-75-67-71(55-19-11-15-23-59(55)92-75)104(47-83(2,3)115)63(43-108)96-67,52-125-40-36-121-32-28-89-80(112)101-76-68-72(56-20-12-16-24-60(56)93-76)105(48-84(4,5)116)64(44-109)97-68)53-126-41-37-122-33-29-90-81(113)102-77-69-73(57-21-13-17-25-61(57)94-77)106(49-85(6,7)117)65(45-110)98-69/h11-26,108-110,115-118H,10,27-54H2,1-9H3,(H2,88,92,100,111)(H2,89,93,101,112)(H2,90,94,102,113)(H2,91,95,103,114). The van der Waals surface area contributed by atoms with Gasteiger partial charge in [-0.1, -0.05) is 72.8 Å². The van der Waals surface area contributed by atoms with Crippen LogP contribution in [-0.2, 0) is 95.2 Å². The van der Waals surface area contributed by atoms with Crippen molar-refractivity contribution in [1.29, 1.82) is 0 Å². The van der Waals surface area contributed by atoms with Crippen molar-refractivity contribution >= 4 is 135 Å². The molecule has 40 nitrogen and oxygen atoms in total. The summed E-state index contributed by atoms with van der Waals surface area (Å²) >= 11 is 0. The topological polar surface area (TPSA) is 512 Å². The summed E-state index contributed by atoms with van der Waals surface area (Å²) in [5.41, 5.74) is 0.479. The summed E-state index contributed by atoms with van der Waals surface area (Å²) < 4.78 is 62.2. The van der Waals surface area contributed by atoms with Crippen molar-refractivity contribution in [3.63, 3.8) is 0 Å². The summed E-state index contributed by atoms with van der Waals surface area (Å²) in [4.78, 5) is 91.8. The Morgan fingerprint density at radius 3 is 0.780 bits per heavy atom. The number of imidazole rings is 4. The van der Waals surface area contributed by atoms with Gasteiger partial charge >= 0.3 is 24.1 Å². The number of amides is 8. The number of aromatic nitrogens is 12. The number of hydrogen-bond donors (Lipinski definition) is 15. The van der Waals surface area contributed by atoms with Crippen molar-refractivity contribution in [1.82, 2.24) is 79.4 Å². The highest BCUT2D eigenvalue weighted by atomic mass is 16.6. The number of benzene rings is 4. The van der Waals surface area contributed by atoms with E-state index in [-0.39, 0.29) is 205 Å². The smallest absolute Gasteiger partial charge is 0.320 e. The number of carbonyl (C=O) groups is 4. The molecule has 4 aromatic carbocycles. The molecule has 8 heterocycles. The first kappa shape index (κ1) is 95.0. The molecule has 12 rings (SSSR count). The molecular formula is C87H116N20O20. The summed E-state index contributed by atoms with van der Waals surface area (Å²) in [6, 6.07) is 27.1. The molecule has 127 heavy (non-hydrogen) atoms. The van der Waals surface area contributed by atoms with Gasteiger partial charge in [-0.2, -0.15) is 0 Å². The number of carbonyl (C=O) groups excluding carboxylic acids is 4. The Balaban J connectivity index is 0.683. The minimum Gasteiger partial charge on any atom is -0.389 e. The van der Waals surface area contributed by atoms with Gasteiger partial charge in [-0.15, -0.1) is 0 Å². The van der Waals surface area contributed by atoms with E-state index in [1.807, 2.05) is 90.4 Å². The number of hydrogen-bond acceptors (Lipinski definition) is 28. The number of urea groups is 4. The average Bonchev–Trinajstić information content (AvgIpc) is 1.62. The highest BCUT2D eigenvalue weighted by Gasteiger charge is 2.34. The third-order valence-electron chi connectivity index (χ3n) is 19.9. The van der Waals surface area contributed by atoms with Crippen LogP contribution < -0.4 is 42.5 Å². The third-order valence-corrected chi connectivity index (χ3v) is 19.9. The summed E-state index contributed by atoms with van der Waals surface area (Å²) in [5.74, 6) is 2.08. The minimum absolute atomic E-state index is 0.000197. The second kappa shape index (κ2) is 43.6. The maximum Gasteiger partial charge on any atom is 0.320 e. The molecule has 0 saturated heterocycles. The maximum atomic E-state index is 13.6. The van der Waals surface area contributed by atoms with E-state index in [0.29, 0.717) is 94.8 Å². The van der Waals surface area contributed by atoms with Crippen molar-refractivity contribution in [2.45, 2.75) is 137 Å². The Morgan fingerprint density at radius 2 is 0.543 bits per heavy atom. The van der Waals surface area contributed by atoms with Crippen LogP contribution in [-0.4, -0.2) is 279 Å². The molecule has 0 atom stereocenters. The van der Waals surface area contributed by atoms with Crippen LogP contribution in [0.5, 0.6) is 0 Å². The molecule has 8 amide bonds. The molecule has 40 heteroatoms. The average molecular weight is 1760 g/mol. The van der Waals surface area contributed by atoms with E-state index in [1.165, 1.54) is 0 Å². The van der Waals surface area contributed by atoms with Crippen molar-refractivity contribution in [3.05, 3.63) is 120 Å². The van der Waals surface area contributed by atoms with Gasteiger partial charge in [0.05, 0.1) is 204 Å². The number of ether oxygens (including phenoxy) is 9. The number of aliphatic hydroxyl groups excluding tert-OH is 3. The molecule has 0 aliphatic rings. The Labute approximate surface area is 731 Å². The Morgan fingerprint density at radius 1 is 0.315 bits per heavy atom. The number of para-hydroxylation sites is 4. The van der Waals surface area contributed by atoms with Gasteiger partial charge in [-0.3, -0.25) is 21.3 Å². The molecule has 0 unspecified atom stereocenters. The second-order valence-corrected chi connectivity index (χ2v) is 33.2. The lowest BCUT2D eigenvalue weighted by Gasteiger charge is -2.33. The number of nitrogens with one attached hydrogen (secondary N) is 8. The summed E-state index contributed by atoms with van der Waals surface area (Å²) in [5, 5.41) is 100. The van der Waals surface area contributed by atoms with Gasteiger partial charge in [-0.25, -0.2) is 59.0 Å². The molecule has 0 saturated carbocycles. The fraction of sp³-hybridized carbons (Fsp3) is 0.494. The fourth-order valence-electron chi connectivity index (χ4n) is 14.6. The van der Waals surface area contributed by atoms with Crippen LogP contribution >= 0.6 is 0 Å². The molecule has 0 aliphatic heterocycles. The second-order valence-electron chi connectivity index (χ2n) is 33.2. The fourth-order valence-corrected chi connectivity index (χ4v) is 14.6. The normalized spacial score (nSPS) is 12.5. The first-order valence-electron chi connectivity index (χ1n) is 42.2. The van der Waals surface area contributed by atoms with Gasteiger partial charge < -0.3 is 118 Å². The lowest BCUT2D eigenvalue weighted by atomic mass is 9.92. The minimum atomic E-state index is -1.17. The molecule has 0 aliphatic carbocycles. The van der Waals surface area contributed by atoms with Crippen LogP contribution in [0.15, 0.2) is 97.1 Å². The van der Waals surface area contributed by atoms with Crippen molar-refractivity contribution < 1.29 is 97.6 Å². The number of rotatable bonds is 50. The van der Waals surface area contributed by atoms with E-state index in [1.54, 1.807) is 87.3 Å². The van der Waals surface area contributed by atoms with Gasteiger partial charge in [0.15, 0.2) is 23.3 Å². The van der Waals surface area contributed by atoms with E-state index >= 15 is 0 Å². The lowest BCUT2D eigenvalue weighted by molar-refractivity contribution is -0.121. The SMILES string of the molecule is CCOCc1nc2c(NC(=O)NCCOCCOCC(COCCOCCNC(=O)Nc3nc4ccccc4c4c3nc(CO)n4CC(C)(C)O)(COCCOCCNC(=O)Nc3nc4ccccc4c4c3nc(CO)n4CC(C)(C)O)COCCOCCNC(=O)Nc3nc4ccccc4c4c3nc(CO)n4CC(C)(C)O)nc3ccccc3c2n1CC(C)(C)O. The highest BCUT2D eigenvalue weighted by molar-refractivity contribution is 6.13. The van der Waals surface area contributed by atoms with Crippen LogP contribution in [0, 0.1) is 5.41 Å². The van der Waals surface area contributed by atoms with Crippen LogP contribution in [0.3, 0.4) is 0 Å². The van der Waals surface area contributed by atoms with Gasteiger partial charge in [0.1, 0.15) is 71.8 Å². The predicted molar refractivity (Wildman–Crippen MR) is 475 cm³/mol. The molecule has 684 valence electrons. The first-order valence-corrected chi connectivity index (χ1v) is 42.2. The van der Waals surface area contributed by atoms with E-state index in [4.69, 9.17) is 67.6 Å². The van der Waals surface area contributed by atoms with Crippen LogP contribution in [0.2, 0.25) is 0 Å². The summed E-state index contributed by atoms with van der Waals surface area (Å²) in [6.07, 6.45) is 0. The van der Waals surface area contributed by atoms with E-state index in [9.17, 15) is 54.9 Å². The number of pyridine rings is 4. The molecular weight excluding hydrogens is 1650 g/mol. The molecule has 0 fully saturated rings. The van der Waals surface area contributed by atoms with Crippen molar-refractivity contribution in [3.8, 4) is 0 Å². The van der Waals surface area contributed by atoms with Crippen LogP contribution in [0.1, 0.15) is 85.6 Å². The first-order chi connectivity index (χ1) is 60.9. The number of anilines is 4. The quantitative estimate of drug-likeness (QED) is 0.0169. The molecule has 0 radical (unpaired) electrons. The van der Waals surface area contributed by atoms with Crippen molar-refractivity contribution in [2.24, 2.45) is 5.41 Å². The largest absolute Gasteiger partial charge is 0.389 e. The predicted octanol–water partition coefficient (Wildman–Crippen LogP) is 7.08. The maximum absolute atomic E-state index is 13.6. The van der Waals surface area contributed by atoms with E-state index in [0.717, 1.165) is 5.39 Å². The van der Waals surface area contributed by atoms with Crippen LogP contribution in [0.4, 0.5) is 42.4 Å². The Bertz CT molecular complexity index is 5340. The van der Waals surface area contributed by atoms with Gasteiger partial charge in [-0.05, 0) is 86.6 Å². The molecule has 0 bridgehead atoms. The van der Waals surface area contributed by atoms with Crippen molar-refractivity contribution in [2.75, 3.05) is 160 Å². The molecule has 8 aromatic heterocycles. The van der Waals surface area contributed by atoms with E-state index in [2.05, 4.69) is 57.5 Å². The molecule has 12 aromatic rings. The lowest BCUT2D eigenvalue weighted by Crippen LogP contribution is -2.43. The number of aliphatic hydroxyl groups is 7. The van der Waals surface area contributed by atoms with Gasteiger partial charge in [0.2, 0.25) is 0 Å². The third kappa shape index (κ3) is 25.6. The molecule has 0 spiro atoms. The van der Waals surface area contributed by atoms with E-state index < -0.39 is 71.8 Å². The zero-order valence-corrected chi connectivity index (χ0v) is 73.0. The Hall–Kier alpha value is -11.2. The number of nitrogens with zero attached hydrogens (tertiary/aromatic N) is 12. The van der Waals surface area contributed by atoms with Gasteiger partial charge in [0.25, 0.3) is 0 Å². The Kier molecular flexibility index (Phi) is 32.6. The monoisotopic (exact) mass is 1760 g/mol. The van der Waals surface area contributed by atoms with Gasteiger partial charge in [0, 0.05) is 54.3 Å². The molecule has 15 N–H and O–H groups in total. The number of fused-ring (bicyclic) bond motifs is 12. The summed E-state index contributed by atoms with van der Waals surface area (Å²) in [6.45, 7) is 16.3. The zero-order valence-electron chi connectivity index (χ0n) is 73.0. The zero-order chi connectivity index (χ0) is 90.5. The summed E-state index contributed by atoms with van der Waals surface area (Å²) in [7, 11) is 0. The highest BCUT2D eigenvalue weighted by Crippen LogP contribution is 2.37.